The molecule has 1 aliphatic heterocycles. The molecule has 0 amide bonds. The molecule has 33 heavy (non-hydrogen) atoms. The monoisotopic (exact) mass is 484 g/mol. The molecule has 1 fully saturated rings. The van der Waals surface area contributed by atoms with Crippen molar-refractivity contribution in [1.82, 2.24) is 19.5 Å². The second-order valence-corrected chi connectivity index (χ2v) is 7.44. The van der Waals surface area contributed by atoms with Crippen LogP contribution in [0.1, 0.15) is 33.9 Å². The maximum absolute atomic E-state index is 11.9. The Kier molecular flexibility index (Phi) is 7.43. The zero-order valence-corrected chi connectivity index (χ0v) is 18.8. The molecule has 3 rings (SSSR count). The number of ether oxygens (including phenoxy) is 5. The normalized spacial score (nSPS) is 24.7. The van der Waals surface area contributed by atoms with Crippen LogP contribution < -0.4 is 0 Å². The standard InChI is InChI=1S/C19H21ClN4O9/c1-8(25)29-5-12-14(30-9(2)26)15(31-10(3)27)16(32-11(4)28)19(33-12)24-7-23-13-17(20)21-6-22-18(13)24/h6-7,12,14-16,19H,5H2,1-4H3/t12-,14-,15+,16-,19-/m1/s1. The lowest BCUT2D eigenvalue weighted by Gasteiger charge is -2.44. The minimum atomic E-state index is -1.32. The Balaban J connectivity index is 2.13. The van der Waals surface area contributed by atoms with Crippen LogP contribution in [0.5, 0.6) is 0 Å². The molecule has 0 unspecified atom stereocenters. The van der Waals surface area contributed by atoms with Gasteiger partial charge in [0.1, 0.15) is 24.6 Å². The van der Waals surface area contributed by atoms with Gasteiger partial charge in [0.25, 0.3) is 0 Å². The van der Waals surface area contributed by atoms with Crippen molar-refractivity contribution in [3.05, 3.63) is 17.8 Å². The van der Waals surface area contributed by atoms with E-state index in [-0.39, 0.29) is 22.9 Å². The topological polar surface area (TPSA) is 158 Å². The lowest BCUT2D eigenvalue weighted by molar-refractivity contribution is -0.267. The van der Waals surface area contributed by atoms with Crippen molar-refractivity contribution < 1.29 is 42.9 Å². The molecular formula is C19H21ClN4O9. The van der Waals surface area contributed by atoms with Crippen LogP contribution in [0.4, 0.5) is 0 Å². The Bertz CT molecular complexity index is 1070. The number of rotatable bonds is 6. The van der Waals surface area contributed by atoms with E-state index in [1.165, 1.54) is 24.1 Å². The van der Waals surface area contributed by atoms with Gasteiger partial charge in [-0.25, -0.2) is 15.0 Å². The van der Waals surface area contributed by atoms with Crippen molar-refractivity contribution in [2.24, 2.45) is 0 Å². The van der Waals surface area contributed by atoms with E-state index >= 15 is 0 Å². The summed E-state index contributed by atoms with van der Waals surface area (Å²) in [5.41, 5.74) is 0.475. The number of hydrogen-bond acceptors (Lipinski definition) is 12. The molecule has 1 aliphatic rings. The average Bonchev–Trinajstić information content (AvgIpc) is 3.14. The maximum atomic E-state index is 11.9. The van der Waals surface area contributed by atoms with Crippen molar-refractivity contribution in [3.8, 4) is 0 Å². The number of aromatic nitrogens is 4. The molecule has 2 aromatic heterocycles. The van der Waals surface area contributed by atoms with Crippen molar-refractivity contribution in [2.75, 3.05) is 6.61 Å². The number of halogens is 1. The van der Waals surface area contributed by atoms with Crippen molar-refractivity contribution in [2.45, 2.75) is 58.3 Å². The molecule has 13 nitrogen and oxygen atoms in total. The Morgan fingerprint density at radius 3 is 2.12 bits per heavy atom. The van der Waals surface area contributed by atoms with Crippen LogP contribution in [0.2, 0.25) is 5.15 Å². The maximum Gasteiger partial charge on any atom is 0.303 e. The summed E-state index contributed by atoms with van der Waals surface area (Å²) in [5, 5.41) is 0.0735. The van der Waals surface area contributed by atoms with Gasteiger partial charge < -0.3 is 23.7 Å². The summed E-state index contributed by atoms with van der Waals surface area (Å²) in [6.07, 6.45) is -3.63. The van der Waals surface area contributed by atoms with E-state index in [0.717, 1.165) is 20.8 Å². The minimum absolute atomic E-state index is 0.0735. The molecule has 0 spiro atoms. The Morgan fingerprint density at radius 1 is 0.909 bits per heavy atom. The molecule has 3 heterocycles. The Labute approximate surface area is 192 Å². The highest BCUT2D eigenvalue weighted by Crippen LogP contribution is 2.36. The second-order valence-electron chi connectivity index (χ2n) is 7.08. The van der Waals surface area contributed by atoms with E-state index in [9.17, 15) is 19.2 Å². The zero-order valence-electron chi connectivity index (χ0n) is 18.1. The predicted octanol–water partition coefficient (Wildman–Crippen LogP) is 0.735. The molecule has 14 heteroatoms. The summed E-state index contributed by atoms with van der Waals surface area (Å²) < 4.78 is 28.7. The molecule has 0 aliphatic carbocycles. The number of fused-ring (bicyclic) bond motifs is 1. The van der Waals surface area contributed by atoms with Crippen LogP contribution in [0, 0.1) is 0 Å². The van der Waals surface area contributed by atoms with Gasteiger partial charge in [0.15, 0.2) is 35.3 Å². The number of nitrogens with zero attached hydrogens (tertiary/aromatic N) is 4. The van der Waals surface area contributed by atoms with Crippen molar-refractivity contribution in [1.29, 1.82) is 0 Å². The molecule has 0 saturated carbocycles. The van der Waals surface area contributed by atoms with Gasteiger partial charge in [0, 0.05) is 27.7 Å². The lowest BCUT2D eigenvalue weighted by atomic mass is 9.97. The van der Waals surface area contributed by atoms with Crippen LogP contribution in [-0.2, 0) is 42.9 Å². The van der Waals surface area contributed by atoms with Gasteiger partial charge in [-0.05, 0) is 0 Å². The van der Waals surface area contributed by atoms with Crippen molar-refractivity contribution >= 4 is 46.6 Å². The highest BCUT2D eigenvalue weighted by molar-refractivity contribution is 6.33. The summed E-state index contributed by atoms with van der Waals surface area (Å²) in [7, 11) is 0. The van der Waals surface area contributed by atoms with Gasteiger partial charge in [0.2, 0.25) is 0 Å². The molecule has 5 atom stereocenters. The summed E-state index contributed by atoms with van der Waals surface area (Å²) in [4.78, 5) is 59.2. The quantitative estimate of drug-likeness (QED) is 0.322. The van der Waals surface area contributed by atoms with Gasteiger partial charge in [-0.15, -0.1) is 0 Å². The summed E-state index contributed by atoms with van der Waals surface area (Å²) in [6, 6.07) is 0. The van der Waals surface area contributed by atoms with Crippen LogP contribution in [0.15, 0.2) is 12.7 Å². The number of esters is 4. The first kappa shape index (κ1) is 24.3. The minimum Gasteiger partial charge on any atom is -0.463 e. The third-order valence-electron chi connectivity index (χ3n) is 4.55. The lowest BCUT2D eigenvalue weighted by Crippen LogP contribution is -2.60. The van der Waals surface area contributed by atoms with Crippen LogP contribution in [0.25, 0.3) is 11.2 Å². The molecular weight excluding hydrogens is 464 g/mol. The number of hydrogen-bond donors (Lipinski definition) is 0. The molecule has 1 saturated heterocycles. The molecule has 0 N–H and O–H groups in total. The molecule has 178 valence electrons. The number of carbonyl (C=O) groups excluding carboxylic acids is 4. The fraction of sp³-hybridized carbons (Fsp3) is 0.526. The van der Waals surface area contributed by atoms with Crippen LogP contribution >= 0.6 is 11.6 Å². The first-order valence-electron chi connectivity index (χ1n) is 9.72. The zero-order chi connectivity index (χ0) is 24.3. The highest BCUT2D eigenvalue weighted by atomic mass is 35.5. The summed E-state index contributed by atoms with van der Waals surface area (Å²) >= 11 is 6.08. The smallest absolute Gasteiger partial charge is 0.303 e. The SMILES string of the molecule is CC(=O)OC[C@H]1O[C@@H](n2cnc3c(Cl)ncnc32)[C@H](OC(C)=O)[C@@H](OC(C)=O)[C@@H]1OC(C)=O. The molecule has 0 bridgehead atoms. The van der Waals surface area contributed by atoms with Gasteiger partial charge in [-0.1, -0.05) is 11.6 Å². The van der Waals surface area contributed by atoms with Gasteiger partial charge in [0.05, 0.1) is 6.33 Å². The van der Waals surface area contributed by atoms with E-state index in [4.69, 9.17) is 35.3 Å². The van der Waals surface area contributed by atoms with E-state index in [1.807, 2.05) is 0 Å². The second kappa shape index (κ2) is 10.1. The average molecular weight is 485 g/mol. The summed E-state index contributed by atoms with van der Waals surface area (Å²) in [6.45, 7) is 4.27. The fourth-order valence-corrected chi connectivity index (χ4v) is 3.62. The summed E-state index contributed by atoms with van der Waals surface area (Å²) in [5.74, 6) is -2.79. The van der Waals surface area contributed by atoms with Gasteiger partial charge >= 0.3 is 23.9 Å². The third kappa shape index (κ3) is 5.54. The van der Waals surface area contributed by atoms with Gasteiger partial charge in [-0.3, -0.25) is 23.7 Å². The largest absolute Gasteiger partial charge is 0.463 e. The van der Waals surface area contributed by atoms with E-state index in [0.29, 0.717) is 0 Å². The first-order valence-corrected chi connectivity index (χ1v) is 10.1. The first-order chi connectivity index (χ1) is 15.6. The number of imidazole rings is 1. The number of carbonyl (C=O) groups is 4. The van der Waals surface area contributed by atoms with E-state index in [2.05, 4.69) is 15.0 Å². The Hall–Kier alpha value is -3.32. The molecule has 0 aromatic carbocycles. The highest BCUT2D eigenvalue weighted by Gasteiger charge is 2.53. The predicted molar refractivity (Wildman–Crippen MR) is 108 cm³/mol. The van der Waals surface area contributed by atoms with Crippen LogP contribution in [-0.4, -0.2) is 74.4 Å². The molecule has 0 radical (unpaired) electrons. The third-order valence-corrected chi connectivity index (χ3v) is 4.83. The van der Waals surface area contributed by atoms with Gasteiger partial charge in [-0.2, -0.15) is 0 Å². The van der Waals surface area contributed by atoms with Crippen molar-refractivity contribution in [3.63, 3.8) is 0 Å². The van der Waals surface area contributed by atoms with E-state index in [1.54, 1.807) is 0 Å². The molecule has 2 aromatic rings. The van der Waals surface area contributed by atoms with E-state index < -0.39 is 54.5 Å². The fourth-order valence-electron chi connectivity index (χ4n) is 3.44. The van der Waals surface area contributed by atoms with Crippen LogP contribution in [0.3, 0.4) is 0 Å². The Morgan fingerprint density at radius 2 is 1.52 bits per heavy atom.